The van der Waals surface area contributed by atoms with Crippen LogP contribution in [0.3, 0.4) is 0 Å². The molecule has 35 heavy (non-hydrogen) atoms. The van der Waals surface area contributed by atoms with Gasteiger partial charge in [-0.3, -0.25) is 10.2 Å². The second-order valence-electron chi connectivity index (χ2n) is 8.62. The molecular weight excluding hydrogens is 458 g/mol. The molecule has 0 bridgehead atoms. The van der Waals surface area contributed by atoms with Gasteiger partial charge in [0, 0.05) is 17.1 Å². The number of hydrogen-bond acceptors (Lipinski definition) is 5. The monoisotopic (exact) mass is 483 g/mol. The minimum atomic E-state index is -0.440. The van der Waals surface area contributed by atoms with Gasteiger partial charge in [0.05, 0.1) is 5.57 Å². The highest BCUT2D eigenvalue weighted by Gasteiger charge is 2.36. The summed E-state index contributed by atoms with van der Waals surface area (Å²) in [6, 6.07) is 18.1. The lowest BCUT2D eigenvalue weighted by Gasteiger charge is -2.20. The second kappa shape index (κ2) is 9.03. The molecule has 3 heterocycles. The van der Waals surface area contributed by atoms with E-state index >= 15 is 0 Å². The van der Waals surface area contributed by atoms with E-state index in [1.54, 1.807) is 6.08 Å². The van der Waals surface area contributed by atoms with E-state index < -0.39 is 5.91 Å². The number of aryl methyl sites for hydroxylation is 3. The number of thioether (sulfide) groups is 1. The average Bonchev–Trinajstić information content (AvgIpc) is 3.35. The summed E-state index contributed by atoms with van der Waals surface area (Å²) in [6.45, 7) is 8.35. The van der Waals surface area contributed by atoms with Crippen LogP contribution in [0.4, 0.5) is 0 Å². The molecule has 0 aliphatic carbocycles. The molecule has 1 N–H and O–H groups in total. The number of fused-ring (bicyclic) bond motifs is 1. The maximum absolute atomic E-state index is 12.9. The van der Waals surface area contributed by atoms with Crippen molar-refractivity contribution in [2.75, 3.05) is 6.61 Å². The van der Waals surface area contributed by atoms with Crippen LogP contribution in [-0.4, -0.2) is 38.1 Å². The lowest BCUT2D eigenvalue weighted by molar-refractivity contribution is -0.114. The predicted octanol–water partition coefficient (Wildman–Crippen LogP) is 5.41. The van der Waals surface area contributed by atoms with E-state index in [-0.39, 0.29) is 18.0 Å². The predicted molar refractivity (Wildman–Crippen MR) is 142 cm³/mol. The van der Waals surface area contributed by atoms with Gasteiger partial charge in [0.2, 0.25) is 5.17 Å². The molecule has 5 rings (SSSR count). The van der Waals surface area contributed by atoms with Crippen molar-refractivity contribution >= 4 is 39.8 Å². The van der Waals surface area contributed by atoms with Crippen molar-refractivity contribution in [2.24, 2.45) is 10.1 Å². The van der Waals surface area contributed by atoms with Gasteiger partial charge in [-0.15, -0.1) is 0 Å². The van der Waals surface area contributed by atoms with Crippen LogP contribution in [0.1, 0.15) is 28.1 Å². The Labute approximate surface area is 208 Å². The van der Waals surface area contributed by atoms with Gasteiger partial charge in [-0.25, -0.2) is 0 Å². The standard InChI is InChI=1S/C27H25N5O2S/c1-16-7-5-9-21(11-16)31-18(3)13-20(19(31)4)14-23-25(28)32-27(29-26(23)33)35-24(30-32)15-34-22-10-6-8-17(2)12-22/h5-14,28H,15H2,1-4H3/b23-14+,28-25?. The highest BCUT2D eigenvalue weighted by Crippen LogP contribution is 2.30. The van der Waals surface area contributed by atoms with E-state index in [0.29, 0.717) is 10.2 Å². The van der Waals surface area contributed by atoms with Crippen LogP contribution in [0.15, 0.2) is 70.3 Å². The minimum Gasteiger partial charge on any atom is -0.487 e. The second-order valence-corrected chi connectivity index (χ2v) is 9.66. The topological polar surface area (TPSA) is 83.0 Å². The van der Waals surface area contributed by atoms with E-state index in [9.17, 15) is 4.79 Å². The van der Waals surface area contributed by atoms with Gasteiger partial charge in [-0.05, 0) is 92.6 Å². The van der Waals surface area contributed by atoms with Crippen molar-refractivity contribution < 1.29 is 9.53 Å². The Morgan fingerprint density at radius 3 is 2.51 bits per heavy atom. The number of nitrogens with one attached hydrogen (secondary N) is 1. The van der Waals surface area contributed by atoms with Gasteiger partial charge in [-0.2, -0.15) is 15.1 Å². The smallest absolute Gasteiger partial charge is 0.283 e. The first-order valence-corrected chi connectivity index (χ1v) is 12.1. The quantitative estimate of drug-likeness (QED) is 0.492. The zero-order valence-corrected chi connectivity index (χ0v) is 20.8. The first kappa shape index (κ1) is 22.9. The molecule has 0 fully saturated rings. The third-order valence-electron chi connectivity index (χ3n) is 5.88. The molecule has 1 aromatic heterocycles. The number of amidine groups is 2. The zero-order valence-electron chi connectivity index (χ0n) is 20.0. The van der Waals surface area contributed by atoms with Crippen LogP contribution in [0.2, 0.25) is 0 Å². The number of aromatic nitrogens is 1. The molecule has 0 spiro atoms. The van der Waals surface area contributed by atoms with Gasteiger partial charge in [0.1, 0.15) is 17.4 Å². The summed E-state index contributed by atoms with van der Waals surface area (Å²) < 4.78 is 7.99. The summed E-state index contributed by atoms with van der Waals surface area (Å²) in [5, 5.41) is 15.6. The minimum absolute atomic E-state index is 0.0124. The van der Waals surface area contributed by atoms with Crippen molar-refractivity contribution in [3.8, 4) is 11.4 Å². The third kappa shape index (κ3) is 4.44. The van der Waals surface area contributed by atoms with E-state index in [0.717, 1.165) is 34.0 Å². The van der Waals surface area contributed by atoms with Crippen molar-refractivity contribution in [3.63, 3.8) is 0 Å². The fraction of sp³-hybridized carbons (Fsp3) is 0.185. The summed E-state index contributed by atoms with van der Waals surface area (Å²) in [5.41, 5.74) is 6.46. The van der Waals surface area contributed by atoms with E-state index in [1.807, 2.05) is 57.2 Å². The average molecular weight is 484 g/mol. The molecule has 1 amide bonds. The van der Waals surface area contributed by atoms with Gasteiger partial charge >= 0.3 is 0 Å². The van der Waals surface area contributed by atoms with Gasteiger partial charge in [0.15, 0.2) is 5.84 Å². The number of rotatable bonds is 5. The molecule has 2 aliphatic heterocycles. The Morgan fingerprint density at radius 2 is 1.77 bits per heavy atom. The molecule has 2 aliphatic rings. The molecule has 176 valence electrons. The molecule has 0 saturated heterocycles. The largest absolute Gasteiger partial charge is 0.487 e. The maximum Gasteiger partial charge on any atom is 0.283 e. The van der Waals surface area contributed by atoms with E-state index in [1.165, 1.54) is 22.3 Å². The zero-order chi connectivity index (χ0) is 24.7. The van der Waals surface area contributed by atoms with Crippen LogP contribution in [0.5, 0.6) is 5.75 Å². The lowest BCUT2D eigenvalue weighted by atomic mass is 10.1. The SMILES string of the molecule is Cc1cccc(OCC2=NN3C(=N)/C(=C\c4cc(C)n(-c5cccc(C)c5)c4C)C(=O)N=C3S2)c1. The Kier molecular flexibility index (Phi) is 5.90. The van der Waals surface area contributed by atoms with Crippen LogP contribution in [-0.2, 0) is 4.79 Å². The van der Waals surface area contributed by atoms with Crippen molar-refractivity contribution in [1.29, 1.82) is 5.41 Å². The summed E-state index contributed by atoms with van der Waals surface area (Å²) in [7, 11) is 0. The van der Waals surface area contributed by atoms with Gasteiger partial charge in [0.25, 0.3) is 5.91 Å². The molecule has 2 aromatic carbocycles. The van der Waals surface area contributed by atoms with Crippen molar-refractivity contribution in [1.82, 2.24) is 9.58 Å². The van der Waals surface area contributed by atoms with Crippen LogP contribution in [0, 0.1) is 33.1 Å². The number of hydrogen-bond donors (Lipinski definition) is 1. The first-order valence-electron chi connectivity index (χ1n) is 11.2. The highest BCUT2D eigenvalue weighted by molar-refractivity contribution is 8.27. The number of ether oxygens (including phenoxy) is 1. The fourth-order valence-electron chi connectivity index (χ4n) is 4.19. The number of hydrazone groups is 1. The Hall–Kier alpha value is -3.91. The van der Waals surface area contributed by atoms with Gasteiger partial charge in [-0.1, -0.05) is 24.3 Å². The summed E-state index contributed by atoms with van der Waals surface area (Å²) in [4.78, 5) is 17.1. The first-order chi connectivity index (χ1) is 16.8. The molecular formula is C27H25N5O2S. The molecule has 0 unspecified atom stereocenters. The van der Waals surface area contributed by atoms with E-state index in [4.69, 9.17) is 10.1 Å². The third-order valence-corrected chi connectivity index (χ3v) is 6.76. The summed E-state index contributed by atoms with van der Waals surface area (Å²) in [6.07, 6.45) is 1.74. The van der Waals surface area contributed by atoms with Crippen LogP contribution < -0.4 is 4.74 Å². The number of carbonyl (C=O) groups excluding carboxylic acids is 1. The lowest BCUT2D eigenvalue weighted by Crippen LogP contribution is -2.35. The Balaban J connectivity index is 1.40. The molecule has 0 atom stereocenters. The normalized spacial score (nSPS) is 16.5. The Bertz CT molecular complexity index is 1460. The number of amides is 1. The fourth-order valence-corrected chi connectivity index (χ4v) is 4.99. The maximum atomic E-state index is 12.9. The molecule has 7 nitrogen and oxygen atoms in total. The van der Waals surface area contributed by atoms with Crippen molar-refractivity contribution in [3.05, 3.63) is 88.2 Å². The van der Waals surface area contributed by atoms with E-state index in [2.05, 4.69) is 39.8 Å². The summed E-state index contributed by atoms with van der Waals surface area (Å²) in [5.74, 6) is 0.319. The Morgan fingerprint density at radius 1 is 1.03 bits per heavy atom. The van der Waals surface area contributed by atoms with Gasteiger partial charge < -0.3 is 9.30 Å². The highest BCUT2D eigenvalue weighted by atomic mass is 32.2. The molecule has 0 radical (unpaired) electrons. The van der Waals surface area contributed by atoms with Crippen molar-refractivity contribution in [2.45, 2.75) is 27.7 Å². The molecule has 3 aromatic rings. The summed E-state index contributed by atoms with van der Waals surface area (Å²) >= 11 is 1.25. The number of benzene rings is 2. The number of aliphatic imine (C=N–C) groups is 1. The number of nitrogens with zero attached hydrogens (tertiary/aromatic N) is 4. The number of carbonyl (C=O) groups is 1. The molecule has 0 saturated carbocycles. The van der Waals surface area contributed by atoms with Crippen LogP contribution >= 0.6 is 11.8 Å². The van der Waals surface area contributed by atoms with Crippen LogP contribution in [0.25, 0.3) is 11.8 Å². The molecule has 8 heteroatoms.